The Morgan fingerprint density at radius 3 is 2.67 bits per heavy atom. The van der Waals surface area contributed by atoms with Crippen molar-refractivity contribution >= 4 is 0 Å². The van der Waals surface area contributed by atoms with Crippen LogP contribution in [0.15, 0.2) is 12.2 Å². The van der Waals surface area contributed by atoms with Crippen LogP contribution in [0.2, 0.25) is 0 Å². The largest absolute Gasteiger partial charge is 0.393 e. The lowest BCUT2D eigenvalue weighted by Crippen LogP contribution is -2.11. The highest BCUT2D eigenvalue weighted by atomic mass is 16.5. The number of rotatable bonds is 7. The number of aliphatic hydroxyl groups excluding tert-OH is 1. The van der Waals surface area contributed by atoms with Gasteiger partial charge in [-0.1, -0.05) is 19.1 Å². The predicted octanol–water partition coefficient (Wildman–Crippen LogP) is 2.13. The van der Waals surface area contributed by atoms with E-state index >= 15 is 0 Å². The minimum absolute atomic E-state index is 0.274. The molecule has 0 radical (unpaired) electrons. The summed E-state index contributed by atoms with van der Waals surface area (Å²) in [5.41, 5.74) is 1.11. The van der Waals surface area contributed by atoms with E-state index in [9.17, 15) is 5.11 Å². The molecule has 1 unspecified atom stereocenters. The van der Waals surface area contributed by atoms with Crippen molar-refractivity contribution in [3.63, 3.8) is 0 Å². The molecule has 0 aliphatic rings. The molecule has 0 heterocycles. The third kappa shape index (κ3) is 6.38. The first kappa shape index (κ1) is 11.7. The van der Waals surface area contributed by atoms with Gasteiger partial charge in [0.05, 0.1) is 6.10 Å². The number of hydrogen-bond donors (Lipinski definition) is 1. The monoisotopic (exact) mass is 172 g/mol. The maximum atomic E-state index is 9.44. The second-order valence-electron chi connectivity index (χ2n) is 2.95. The van der Waals surface area contributed by atoms with Crippen LogP contribution < -0.4 is 0 Å². The number of hydrogen-bond acceptors (Lipinski definition) is 2. The van der Waals surface area contributed by atoms with Gasteiger partial charge in [0, 0.05) is 13.2 Å². The summed E-state index contributed by atoms with van der Waals surface area (Å²) in [7, 11) is 0. The van der Waals surface area contributed by atoms with Crippen molar-refractivity contribution in [3.05, 3.63) is 12.2 Å². The highest BCUT2D eigenvalue weighted by Crippen LogP contribution is 2.09. The zero-order valence-electron chi connectivity index (χ0n) is 8.18. The second-order valence-corrected chi connectivity index (χ2v) is 2.95. The van der Waals surface area contributed by atoms with Crippen LogP contribution in [0.3, 0.4) is 0 Å². The van der Waals surface area contributed by atoms with Crippen LogP contribution >= 0.6 is 0 Å². The first-order valence-electron chi connectivity index (χ1n) is 4.63. The second kappa shape index (κ2) is 7.32. The Bertz CT molecular complexity index is 121. The van der Waals surface area contributed by atoms with E-state index in [1.165, 1.54) is 0 Å². The van der Waals surface area contributed by atoms with Crippen molar-refractivity contribution in [2.24, 2.45) is 0 Å². The average molecular weight is 172 g/mol. The Hall–Kier alpha value is -0.340. The van der Waals surface area contributed by atoms with Gasteiger partial charge in [0.25, 0.3) is 0 Å². The van der Waals surface area contributed by atoms with Gasteiger partial charge >= 0.3 is 0 Å². The summed E-state index contributed by atoms with van der Waals surface area (Å²) in [5.74, 6) is 0. The highest BCUT2D eigenvalue weighted by molar-refractivity contribution is 4.94. The van der Waals surface area contributed by atoms with Crippen molar-refractivity contribution in [2.75, 3.05) is 13.2 Å². The smallest absolute Gasteiger partial charge is 0.0599 e. The topological polar surface area (TPSA) is 29.5 Å². The third-order valence-corrected chi connectivity index (χ3v) is 1.82. The molecule has 0 saturated heterocycles. The molecule has 12 heavy (non-hydrogen) atoms. The van der Waals surface area contributed by atoms with Crippen LogP contribution in [-0.4, -0.2) is 24.4 Å². The van der Waals surface area contributed by atoms with Gasteiger partial charge in [0.2, 0.25) is 0 Å². The van der Waals surface area contributed by atoms with Gasteiger partial charge in [0.15, 0.2) is 0 Å². The van der Waals surface area contributed by atoms with Gasteiger partial charge in [-0.3, -0.25) is 0 Å². The Balaban J connectivity index is 3.32. The molecule has 0 aliphatic heterocycles. The fourth-order valence-electron chi connectivity index (χ4n) is 0.943. The van der Waals surface area contributed by atoms with Gasteiger partial charge in [-0.05, 0) is 26.2 Å². The molecule has 0 rings (SSSR count). The lowest BCUT2D eigenvalue weighted by atomic mass is 10.1. The van der Waals surface area contributed by atoms with E-state index in [2.05, 4.69) is 13.5 Å². The van der Waals surface area contributed by atoms with Crippen molar-refractivity contribution in [3.8, 4) is 0 Å². The number of aliphatic hydroxyl groups is 1. The molecule has 2 heteroatoms. The average Bonchev–Trinajstić information content (AvgIpc) is 2.05. The van der Waals surface area contributed by atoms with E-state index in [4.69, 9.17) is 4.74 Å². The van der Waals surface area contributed by atoms with E-state index in [0.717, 1.165) is 18.6 Å². The number of ether oxygens (including phenoxy) is 1. The summed E-state index contributed by atoms with van der Waals surface area (Å²) in [6, 6.07) is 0. The van der Waals surface area contributed by atoms with Gasteiger partial charge in [-0.25, -0.2) is 0 Å². The quantitative estimate of drug-likeness (QED) is 0.471. The molecule has 1 atom stereocenters. The minimum Gasteiger partial charge on any atom is -0.393 e. The molecule has 0 aromatic heterocycles. The standard InChI is InChI=1S/C10H20O2/c1-4-9(3)8-10(11)6-7-12-5-2/h10-11H,3-8H2,1-2H3. The molecule has 0 aromatic rings. The minimum atomic E-state index is -0.274. The first-order valence-corrected chi connectivity index (χ1v) is 4.63. The molecular weight excluding hydrogens is 152 g/mol. The fourth-order valence-corrected chi connectivity index (χ4v) is 0.943. The molecule has 72 valence electrons. The highest BCUT2D eigenvalue weighted by Gasteiger charge is 2.04. The van der Waals surface area contributed by atoms with E-state index in [0.29, 0.717) is 19.4 Å². The summed E-state index contributed by atoms with van der Waals surface area (Å²) in [4.78, 5) is 0. The van der Waals surface area contributed by atoms with Crippen LogP contribution in [0.25, 0.3) is 0 Å². The zero-order chi connectivity index (χ0) is 9.40. The summed E-state index contributed by atoms with van der Waals surface area (Å²) in [5, 5.41) is 9.44. The molecule has 0 spiro atoms. The van der Waals surface area contributed by atoms with Crippen LogP contribution in [0, 0.1) is 0 Å². The van der Waals surface area contributed by atoms with Crippen LogP contribution in [0.4, 0.5) is 0 Å². The Labute approximate surface area is 75.2 Å². The Kier molecular flexibility index (Phi) is 7.11. The molecule has 1 N–H and O–H groups in total. The summed E-state index contributed by atoms with van der Waals surface area (Å²) in [6.45, 7) is 9.22. The molecule has 0 saturated carbocycles. The summed E-state index contributed by atoms with van der Waals surface area (Å²) in [6.07, 6.45) is 2.10. The molecule has 2 nitrogen and oxygen atoms in total. The summed E-state index contributed by atoms with van der Waals surface area (Å²) >= 11 is 0. The van der Waals surface area contributed by atoms with Crippen LogP contribution in [0.1, 0.15) is 33.1 Å². The van der Waals surface area contributed by atoms with Crippen molar-refractivity contribution in [1.82, 2.24) is 0 Å². The van der Waals surface area contributed by atoms with Crippen molar-refractivity contribution in [2.45, 2.75) is 39.2 Å². The zero-order valence-corrected chi connectivity index (χ0v) is 8.18. The van der Waals surface area contributed by atoms with Gasteiger partial charge < -0.3 is 9.84 Å². The van der Waals surface area contributed by atoms with E-state index in [-0.39, 0.29) is 6.10 Å². The Morgan fingerprint density at radius 1 is 1.50 bits per heavy atom. The van der Waals surface area contributed by atoms with E-state index in [1.54, 1.807) is 0 Å². The van der Waals surface area contributed by atoms with Gasteiger partial charge in [-0.2, -0.15) is 0 Å². The predicted molar refractivity (Wildman–Crippen MR) is 51.2 cm³/mol. The Morgan fingerprint density at radius 2 is 2.17 bits per heavy atom. The molecule has 0 amide bonds. The normalized spacial score (nSPS) is 12.9. The lowest BCUT2D eigenvalue weighted by Gasteiger charge is -2.10. The lowest BCUT2D eigenvalue weighted by molar-refractivity contribution is 0.0884. The molecule has 0 fully saturated rings. The molecule has 0 bridgehead atoms. The van der Waals surface area contributed by atoms with Crippen LogP contribution in [-0.2, 0) is 4.74 Å². The van der Waals surface area contributed by atoms with Crippen molar-refractivity contribution < 1.29 is 9.84 Å². The van der Waals surface area contributed by atoms with Gasteiger partial charge in [-0.15, -0.1) is 0 Å². The summed E-state index contributed by atoms with van der Waals surface area (Å²) < 4.78 is 5.13. The van der Waals surface area contributed by atoms with E-state index < -0.39 is 0 Å². The van der Waals surface area contributed by atoms with E-state index in [1.807, 2.05) is 6.92 Å². The fraction of sp³-hybridized carbons (Fsp3) is 0.800. The van der Waals surface area contributed by atoms with Crippen LogP contribution in [0.5, 0.6) is 0 Å². The third-order valence-electron chi connectivity index (χ3n) is 1.82. The molecule has 0 aromatic carbocycles. The maximum absolute atomic E-state index is 9.44. The maximum Gasteiger partial charge on any atom is 0.0599 e. The SMILES string of the molecule is C=C(CC)CC(O)CCOCC. The molecule has 0 aliphatic carbocycles. The molecular formula is C10H20O2. The van der Waals surface area contributed by atoms with Crippen molar-refractivity contribution in [1.29, 1.82) is 0 Å². The van der Waals surface area contributed by atoms with Gasteiger partial charge in [0.1, 0.15) is 0 Å². The first-order chi connectivity index (χ1) is 5.70.